The van der Waals surface area contributed by atoms with Gasteiger partial charge in [-0.3, -0.25) is 10.2 Å². The number of halogens is 1. The van der Waals surface area contributed by atoms with Gasteiger partial charge in [0, 0.05) is 11.6 Å². The number of nitrogens with one attached hydrogen (secondary N) is 2. The number of carbonyl (C=O) groups is 2. The highest BCUT2D eigenvalue weighted by Crippen LogP contribution is 2.17. The minimum atomic E-state index is -1.38. The molecule has 0 heterocycles. The van der Waals surface area contributed by atoms with Crippen molar-refractivity contribution in [2.45, 2.75) is 0 Å². The largest absolute Gasteiger partial charge is 0.645 e. The molecule has 0 bridgehead atoms. The molecule has 1 amide bonds. The van der Waals surface area contributed by atoms with Gasteiger partial charge in [-0.15, -0.1) is 0 Å². The number of hydrogen-bond acceptors (Lipinski definition) is 4. The fourth-order valence-electron chi connectivity index (χ4n) is 1.21. The molecule has 6 nitrogen and oxygen atoms in total. The Kier molecular flexibility index (Phi) is 5.49. The quantitative estimate of drug-likeness (QED) is 0.620. The van der Waals surface area contributed by atoms with Crippen LogP contribution in [0.25, 0.3) is 5.73 Å². The van der Waals surface area contributed by atoms with Crippen molar-refractivity contribution >= 4 is 41.1 Å². The highest BCUT2D eigenvalue weighted by Gasteiger charge is 2.25. The van der Waals surface area contributed by atoms with E-state index in [0.29, 0.717) is 11.9 Å². The van der Waals surface area contributed by atoms with Gasteiger partial charge in [0.1, 0.15) is 18.2 Å². The lowest BCUT2D eigenvalue weighted by molar-refractivity contribution is -0.129. The van der Waals surface area contributed by atoms with E-state index in [4.69, 9.17) is 27.9 Å². The summed E-state index contributed by atoms with van der Waals surface area (Å²) in [5.41, 5.74) is 6.79. The molecule has 0 spiro atoms. The van der Waals surface area contributed by atoms with Crippen LogP contribution in [0.3, 0.4) is 0 Å². The molecule has 0 aliphatic heterocycles. The highest BCUT2D eigenvalue weighted by atomic mass is 35.5. The summed E-state index contributed by atoms with van der Waals surface area (Å²) < 4.78 is 0. The highest BCUT2D eigenvalue weighted by molar-refractivity contribution is 6.58. The normalized spacial score (nSPS) is 11.8. The molecular formula is C13H10ClN3O3. The molecule has 0 atom stereocenters. The second-order valence-electron chi connectivity index (χ2n) is 3.52. The van der Waals surface area contributed by atoms with Crippen LogP contribution in [-0.2, 0) is 9.59 Å². The monoisotopic (exact) mass is 291 g/mol. The number of amides is 1. The van der Waals surface area contributed by atoms with E-state index in [1.54, 1.807) is 30.3 Å². The van der Waals surface area contributed by atoms with Crippen molar-refractivity contribution in [2.24, 2.45) is 4.99 Å². The molecule has 20 heavy (non-hydrogen) atoms. The number of benzene rings is 1. The number of carbonyl (C=O) groups excluding carboxylic acids is 1. The van der Waals surface area contributed by atoms with E-state index in [9.17, 15) is 9.59 Å². The summed E-state index contributed by atoms with van der Waals surface area (Å²) in [6.07, 6.45) is 1.56. The Bertz CT molecular complexity index is 582. The Labute approximate surface area is 120 Å². The molecule has 1 rings (SSSR count). The second-order valence-corrected chi connectivity index (χ2v) is 3.93. The number of aliphatic carboxylic acids is 1. The SMILES string of the molecule is N=C[C+](/C=C(\Cl)C(=Nc1ccccc1)C(=O)O)C([NH-])=O. The third kappa shape index (κ3) is 4.25. The van der Waals surface area contributed by atoms with Gasteiger partial charge in [-0.1, -0.05) is 18.2 Å². The molecule has 0 fully saturated rings. The van der Waals surface area contributed by atoms with E-state index in [1.807, 2.05) is 0 Å². The summed E-state index contributed by atoms with van der Waals surface area (Å²) in [6, 6.07) is 8.28. The summed E-state index contributed by atoms with van der Waals surface area (Å²) in [5.74, 6) is -2.85. The molecule has 0 saturated carbocycles. The maximum Gasteiger partial charge on any atom is 0.377 e. The number of carboxylic acids is 1. The van der Waals surface area contributed by atoms with Crippen molar-refractivity contribution in [1.82, 2.24) is 0 Å². The number of para-hydroxylation sites is 1. The van der Waals surface area contributed by atoms with Crippen molar-refractivity contribution < 1.29 is 14.7 Å². The first-order valence-corrected chi connectivity index (χ1v) is 5.71. The Hall–Kier alpha value is -2.60. The van der Waals surface area contributed by atoms with Crippen LogP contribution in [0.2, 0.25) is 0 Å². The van der Waals surface area contributed by atoms with Crippen LogP contribution >= 0.6 is 11.6 Å². The first kappa shape index (κ1) is 15.5. The minimum Gasteiger partial charge on any atom is -0.645 e. The maximum absolute atomic E-state index is 11.1. The third-order valence-corrected chi connectivity index (χ3v) is 2.41. The molecule has 0 radical (unpaired) electrons. The Balaban J connectivity index is 3.18. The molecule has 3 N–H and O–H groups in total. The molecule has 7 heteroatoms. The number of nitrogens with zero attached hydrogens (tertiary/aromatic N) is 1. The zero-order valence-electron chi connectivity index (χ0n) is 10.1. The van der Waals surface area contributed by atoms with Crippen LogP contribution in [0.1, 0.15) is 0 Å². The Morgan fingerprint density at radius 2 is 1.95 bits per heavy atom. The smallest absolute Gasteiger partial charge is 0.377 e. The van der Waals surface area contributed by atoms with Crippen LogP contribution in [0.5, 0.6) is 0 Å². The van der Waals surface area contributed by atoms with E-state index in [0.717, 1.165) is 6.08 Å². The molecule has 1 aromatic carbocycles. The molecule has 0 aromatic heterocycles. The molecule has 0 saturated heterocycles. The number of rotatable bonds is 6. The summed E-state index contributed by atoms with van der Waals surface area (Å²) >= 11 is 5.80. The van der Waals surface area contributed by atoms with Crippen molar-refractivity contribution in [2.75, 3.05) is 0 Å². The van der Waals surface area contributed by atoms with Gasteiger partial charge < -0.3 is 10.8 Å². The lowest BCUT2D eigenvalue weighted by Gasteiger charge is -1.99. The summed E-state index contributed by atoms with van der Waals surface area (Å²) in [6.45, 7) is 0. The van der Waals surface area contributed by atoms with Crippen molar-refractivity contribution in [1.29, 1.82) is 5.41 Å². The van der Waals surface area contributed by atoms with Gasteiger partial charge in [0.05, 0.1) is 5.69 Å². The van der Waals surface area contributed by atoms with Crippen LogP contribution in [0.15, 0.2) is 46.4 Å². The van der Waals surface area contributed by atoms with Crippen LogP contribution in [0.4, 0.5) is 5.69 Å². The molecule has 0 aliphatic carbocycles. The number of carboxylic acid groups (broad SMARTS) is 1. The predicted molar refractivity (Wildman–Crippen MR) is 76.5 cm³/mol. The van der Waals surface area contributed by atoms with E-state index < -0.39 is 17.6 Å². The van der Waals surface area contributed by atoms with E-state index in [-0.39, 0.29) is 11.0 Å². The molecule has 0 unspecified atom stereocenters. The number of aliphatic imine (C=N–C) groups is 1. The number of hydrogen-bond donors (Lipinski definition) is 2. The zero-order valence-corrected chi connectivity index (χ0v) is 10.9. The van der Waals surface area contributed by atoms with Gasteiger partial charge in [-0.25, -0.2) is 9.79 Å². The van der Waals surface area contributed by atoms with Gasteiger partial charge in [0.15, 0.2) is 5.91 Å². The van der Waals surface area contributed by atoms with Crippen molar-refractivity contribution in [3.05, 3.63) is 53.1 Å². The van der Waals surface area contributed by atoms with Gasteiger partial charge in [-0.05, 0) is 12.1 Å². The predicted octanol–water partition coefficient (Wildman–Crippen LogP) is 2.77. The first-order valence-electron chi connectivity index (χ1n) is 5.33. The molecule has 0 aliphatic rings. The minimum absolute atomic E-state index is 0.333. The lowest BCUT2D eigenvalue weighted by atomic mass is 10.1. The average Bonchev–Trinajstić information content (AvgIpc) is 2.42. The van der Waals surface area contributed by atoms with Crippen LogP contribution < -0.4 is 0 Å². The molecule has 1 aromatic rings. The zero-order chi connectivity index (χ0) is 15.1. The third-order valence-electron chi connectivity index (χ3n) is 2.13. The van der Waals surface area contributed by atoms with E-state index in [2.05, 4.69) is 4.99 Å². The van der Waals surface area contributed by atoms with Gasteiger partial charge in [-0.2, -0.15) is 0 Å². The Morgan fingerprint density at radius 3 is 2.40 bits per heavy atom. The maximum atomic E-state index is 11.1. The van der Waals surface area contributed by atoms with Crippen molar-refractivity contribution in [3.8, 4) is 0 Å². The van der Waals surface area contributed by atoms with Gasteiger partial charge in [0.25, 0.3) is 5.71 Å². The fraction of sp³-hybridized carbons (Fsp3) is 0. The average molecular weight is 292 g/mol. The first-order chi connectivity index (χ1) is 9.45. The van der Waals surface area contributed by atoms with Gasteiger partial charge in [0.2, 0.25) is 5.03 Å². The van der Waals surface area contributed by atoms with Crippen LogP contribution in [0, 0.1) is 11.3 Å². The Morgan fingerprint density at radius 1 is 1.35 bits per heavy atom. The summed E-state index contributed by atoms with van der Waals surface area (Å²) in [5, 5.41) is 15.7. The van der Waals surface area contributed by atoms with Crippen LogP contribution in [-0.4, -0.2) is 28.9 Å². The molecule has 102 valence electrons. The topological polar surface area (TPSA) is 114 Å². The lowest BCUT2D eigenvalue weighted by Crippen LogP contribution is -2.15. The van der Waals surface area contributed by atoms with E-state index >= 15 is 0 Å². The summed E-state index contributed by atoms with van der Waals surface area (Å²) in [7, 11) is 0. The van der Waals surface area contributed by atoms with E-state index in [1.165, 1.54) is 0 Å². The fourth-order valence-corrected chi connectivity index (χ4v) is 1.45. The standard InChI is InChI=1S/C13H10ClN3O3/c14-10(6-8(7-15)12(16)18)11(13(19)20)17-9-4-2-1-3-5-9/h1-7,15H,(H2-,16,18,19,20)/b10-6-,15-7?,17-11?. The van der Waals surface area contributed by atoms with Crippen molar-refractivity contribution in [3.63, 3.8) is 0 Å². The summed E-state index contributed by atoms with van der Waals surface area (Å²) in [4.78, 5) is 25.8. The second kappa shape index (κ2) is 7.10. The van der Waals surface area contributed by atoms with Gasteiger partial charge >= 0.3 is 5.97 Å². The molecular weight excluding hydrogens is 282 g/mol.